The number of rotatable bonds is 4. The number of hydrogen-bond acceptors (Lipinski definition) is 2. The molecule has 0 amide bonds. The lowest BCUT2D eigenvalue weighted by atomic mass is 10.0. The molecule has 1 saturated carbocycles. The zero-order valence-electron chi connectivity index (χ0n) is 11.6. The van der Waals surface area contributed by atoms with Crippen LogP contribution in [-0.4, -0.2) is 20.5 Å². The van der Waals surface area contributed by atoms with Gasteiger partial charge in [-0.25, -0.2) is 0 Å². The van der Waals surface area contributed by atoms with Gasteiger partial charge in [0.25, 0.3) is 0 Å². The van der Waals surface area contributed by atoms with Gasteiger partial charge in [0.1, 0.15) is 0 Å². The van der Waals surface area contributed by atoms with Crippen LogP contribution in [0.4, 0.5) is 0 Å². The molecule has 0 spiro atoms. The highest BCUT2D eigenvalue weighted by molar-refractivity contribution is 5.29. The standard InChI is InChI=1S/C16H20N2O/c1-12-15(10-16(19)8-9-16)13(2)18(17-12)11-14-6-4-3-5-7-14/h3-7,19H,8-11H2,1-2H3. The summed E-state index contributed by atoms with van der Waals surface area (Å²) in [6, 6.07) is 10.4. The Hall–Kier alpha value is -1.61. The third kappa shape index (κ3) is 2.56. The number of benzene rings is 1. The molecule has 0 bridgehead atoms. The fourth-order valence-corrected chi connectivity index (χ4v) is 2.55. The lowest BCUT2D eigenvalue weighted by Gasteiger charge is -2.09. The van der Waals surface area contributed by atoms with Crippen molar-refractivity contribution in [3.8, 4) is 0 Å². The van der Waals surface area contributed by atoms with Gasteiger partial charge in [0.2, 0.25) is 0 Å². The summed E-state index contributed by atoms with van der Waals surface area (Å²) in [6.45, 7) is 4.94. The van der Waals surface area contributed by atoms with Crippen molar-refractivity contribution < 1.29 is 5.11 Å². The summed E-state index contributed by atoms with van der Waals surface area (Å²) < 4.78 is 2.05. The van der Waals surface area contributed by atoms with Crippen LogP contribution in [0.5, 0.6) is 0 Å². The fourth-order valence-electron chi connectivity index (χ4n) is 2.55. The molecule has 0 unspecified atom stereocenters. The van der Waals surface area contributed by atoms with Crippen molar-refractivity contribution in [3.05, 3.63) is 52.8 Å². The topological polar surface area (TPSA) is 38.0 Å². The molecule has 1 fully saturated rings. The van der Waals surface area contributed by atoms with Gasteiger partial charge in [-0.05, 0) is 37.8 Å². The van der Waals surface area contributed by atoms with E-state index in [-0.39, 0.29) is 0 Å². The van der Waals surface area contributed by atoms with E-state index in [1.807, 2.05) is 17.7 Å². The lowest BCUT2D eigenvalue weighted by Crippen LogP contribution is -2.12. The summed E-state index contributed by atoms with van der Waals surface area (Å²) in [7, 11) is 0. The predicted molar refractivity (Wildman–Crippen MR) is 75.1 cm³/mol. The molecule has 19 heavy (non-hydrogen) atoms. The zero-order chi connectivity index (χ0) is 13.5. The maximum atomic E-state index is 10.1. The summed E-state index contributed by atoms with van der Waals surface area (Å²) in [5.74, 6) is 0. The summed E-state index contributed by atoms with van der Waals surface area (Å²) in [6.07, 6.45) is 2.60. The van der Waals surface area contributed by atoms with Crippen molar-refractivity contribution in [1.29, 1.82) is 0 Å². The van der Waals surface area contributed by atoms with E-state index in [0.29, 0.717) is 0 Å². The first-order valence-electron chi connectivity index (χ1n) is 6.87. The Balaban J connectivity index is 1.85. The molecule has 1 heterocycles. The predicted octanol–water partition coefficient (Wildman–Crippen LogP) is 2.62. The quantitative estimate of drug-likeness (QED) is 0.913. The van der Waals surface area contributed by atoms with Gasteiger partial charge in [0.05, 0.1) is 17.8 Å². The normalized spacial score (nSPS) is 16.6. The lowest BCUT2D eigenvalue weighted by molar-refractivity contribution is 0.150. The van der Waals surface area contributed by atoms with Gasteiger partial charge < -0.3 is 5.11 Å². The van der Waals surface area contributed by atoms with Gasteiger partial charge in [0.15, 0.2) is 0 Å². The van der Waals surface area contributed by atoms with Crippen molar-refractivity contribution in [2.45, 2.75) is 45.3 Å². The van der Waals surface area contributed by atoms with Crippen LogP contribution >= 0.6 is 0 Å². The highest BCUT2D eigenvalue weighted by Gasteiger charge is 2.41. The molecule has 0 radical (unpaired) electrons. The molecular formula is C16H20N2O. The molecule has 3 nitrogen and oxygen atoms in total. The Morgan fingerprint density at radius 3 is 2.53 bits per heavy atom. The van der Waals surface area contributed by atoms with Gasteiger partial charge >= 0.3 is 0 Å². The molecule has 1 aliphatic rings. The molecule has 3 heteroatoms. The average molecular weight is 256 g/mol. The van der Waals surface area contributed by atoms with E-state index in [1.165, 1.54) is 16.8 Å². The van der Waals surface area contributed by atoms with Crippen LogP contribution in [0, 0.1) is 13.8 Å². The van der Waals surface area contributed by atoms with E-state index in [9.17, 15) is 5.11 Å². The number of hydrogen-bond donors (Lipinski definition) is 1. The zero-order valence-corrected chi connectivity index (χ0v) is 11.6. The Morgan fingerprint density at radius 1 is 1.21 bits per heavy atom. The summed E-state index contributed by atoms with van der Waals surface area (Å²) in [5.41, 5.74) is 4.26. The number of nitrogens with zero attached hydrogens (tertiary/aromatic N) is 2. The van der Waals surface area contributed by atoms with Crippen LogP contribution in [0.15, 0.2) is 30.3 Å². The van der Waals surface area contributed by atoms with E-state index in [1.54, 1.807) is 0 Å². The van der Waals surface area contributed by atoms with E-state index < -0.39 is 5.60 Å². The summed E-state index contributed by atoms with van der Waals surface area (Å²) in [5, 5.41) is 14.7. The summed E-state index contributed by atoms with van der Waals surface area (Å²) >= 11 is 0. The van der Waals surface area contributed by atoms with E-state index in [2.05, 4.69) is 36.3 Å². The highest BCUT2D eigenvalue weighted by Crippen LogP contribution is 2.39. The van der Waals surface area contributed by atoms with Crippen LogP contribution < -0.4 is 0 Å². The van der Waals surface area contributed by atoms with Gasteiger partial charge in [-0.2, -0.15) is 5.10 Å². The molecule has 2 aromatic rings. The Morgan fingerprint density at radius 2 is 1.89 bits per heavy atom. The average Bonchev–Trinajstić information content (AvgIpc) is 3.08. The molecule has 1 aromatic heterocycles. The first-order chi connectivity index (χ1) is 9.07. The van der Waals surface area contributed by atoms with E-state index in [4.69, 9.17) is 0 Å². The van der Waals surface area contributed by atoms with Crippen LogP contribution in [0.1, 0.15) is 35.4 Å². The molecule has 100 valence electrons. The first kappa shape index (κ1) is 12.4. The second kappa shape index (κ2) is 4.49. The minimum absolute atomic E-state index is 0.448. The van der Waals surface area contributed by atoms with Crippen LogP contribution in [0.25, 0.3) is 0 Å². The second-order valence-corrected chi connectivity index (χ2v) is 5.69. The SMILES string of the molecule is Cc1nn(Cc2ccccc2)c(C)c1CC1(O)CC1. The van der Waals surface area contributed by atoms with Crippen molar-refractivity contribution >= 4 is 0 Å². The molecule has 0 atom stereocenters. The van der Waals surface area contributed by atoms with Crippen molar-refractivity contribution in [2.75, 3.05) is 0 Å². The van der Waals surface area contributed by atoms with Crippen LogP contribution in [0.3, 0.4) is 0 Å². The number of aryl methyl sites for hydroxylation is 1. The smallest absolute Gasteiger partial charge is 0.0691 e. The minimum Gasteiger partial charge on any atom is -0.390 e. The van der Waals surface area contributed by atoms with E-state index in [0.717, 1.165) is 31.5 Å². The van der Waals surface area contributed by atoms with Gasteiger partial charge in [-0.3, -0.25) is 4.68 Å². The van der Waals surface area contributed by atoms with Gasteiger partial charge in [0, 0.05) is 12.1 Å². The Kier molecular flexibility index (Phi) is 2.94. The highest BCUT2D eigenvalue weighted by atomic mass is 16.3. The maximum absolute atomic E-state index is 10.1. The minimum atomic E-state index is -0.448. The first-order valence-corrected chi connectivity index (χ1v) is 6.87. The van der Waals surface area contributed by atoms with Crippen molar-refractivity contribution in [2.24, 2.45) is 0 Å². The Labute approximate surface area is 113 Å². The molecule has 1 aliphatic carbocycles. The van der Waals surface area contributed by atoms with Crippen molar-refractivity contribution in [3.63, 3.8) is 0 Å². The molecule has 0 saturated heterocycles. The van der Waals surface area contributed by atoms with Gasteiger partial charge in [-0.15, -0.1) is 0 Å². The molecule has 0 aliphatic heterocycles. The van der Waals surface area contributed by atoms with Crippen molar-refractivity contribution in [1.82, 2.24) is 9.78 Å². The molecule has 1 N–H and O–H groups in total. The molecular weight excluding hydrogens is 236 g/mol. The third-order valence-electron chi connectivity index (χ3n) is 4.04. The van der Waals surface area contributed by atoms with Gasteiger partial charge in [-0.1, -0.05) is 30.3 Å². The Bertz CT molecular complexity index is 582. The summed E-state index contributed by atoms with van der Waals surface area (Å²) in [4.78, 5) is 0. The van der Waals surface area contributed by atoms with E-state index >= 15 is 0 Å². The number of aromatic nitrogens is 2. The van der Waals surface area contributed by atoms with Crippen LogP contribution in [-0.2, 0) is 13.0 Å². The fraction of sp³-hybridized carbons (Fsp3) is 0.438. The molecule has 1 aromatic carbocycles. The van der Waals surface area contributed by atoms with Crippen LogP contribution in [0.2, 0.25) is 0 Å². The monoisotopic (exact) mass is 256 g/mol. The third-order valence-corrected chi connectivity index (χ3v) is 4.04. The largest absolute Gasteiger partial charge is 0.390 e. The molecule has 3 rings (SSSR count). The maximum Gasteiger partial charge on any atom is 0.0691 e. The number of aliphatic hydroxyl groups is 1. The second-order valence-electron chi connectivity index (χ2n) is 5.69.